The van der Waals surface area contributed by atoms with E-state index in [-0.39, 0.29) is 16.2 Å². The second kappa shape index (κ2) is 11.7. The summed E-state index contributed by atoms with van der Waals surface area (Å²) in [5, 5.41) is 7.05. The molecule has 6 heteroatoms. The van der Waals surface area contributed by atoms with Gasteiger partial charge < -0.3 is 9.30 Å². The van der Waals surface area contributed by atoms with Gasteiger partial charge in [-0.05, 0) is 75.4 Å². The number of para-hydroxylation sites is 1. The molecule has 3 aromatic heterocycles. The summed E-state index contributed by atoms with van der Waals surface area (Å²) in [4.78, 5) is 4.82. The predicted molar refractivity (Wildman–Crippen MR) is 199 cm³/mol. The quantitative estimate of drug-likeness (QED) is 0.138. The van der Waals surface area contributed by atoms with Crippen LogP contribution in [0.5, 0.6) is 11.5 Å². The van der Waals surface area contributed by atoms with Crippen LogP contribution >= 0.6 is 0 Å². The van der Waals surface area contributed by atoms with Crippen molar-refractivity contribution in [1.29, 1.82) is 0 Å². The number of rotatable bonds is 5. The first kappa shape index (κ1) is 32.3. The maximum absolute atomic E-state index is 6.52. The van der Waals surface area contributed by atoms with Crippen LogP contribution in [0.4, 0.5) is 0 Å². The molecule has 0 saturated carbocycles. The molecule has 248 valence electrons. The second-order valence-corrected chi connectivity index (χ2v) is 16.1. The molecule has 0 saturated heterocycles. The van der Waals surface area contributed by atoms with Gasteiger partial charge in [0.1, 0.15) is 23.6 Å². The molecule has 3 heterocycles. The minimum absolute atomic E-state index is 0.00745. The molecule has 0 fully saturated rings. The van der Waals surface area contributed by atoms with E-state index in [0.29, 0.717) is 0 Å². The molecule has 7 aromatic rings. The zero-order chi connectivity index (χ0) is 34.7. The first-order chi connectivity index (χ1) is 23.1. The summed E-state index contributed by atoms with van der Waals surface area (Å²) in [5.41, 5.74) is 7.87. The van der Waals surface area contributed by atoms with E-state index < -0.39 is 0 Å². The van der Waals surface area contributed by atoms with Crippen LogP contribution in [-0.2, 0) is 16.2 Å². The summed E-state index contributed by atoms with van der Waals surface area (Å²) >= 11 is 0. The highest BCUT2D eigenvalue weighted by Crippen LogP contribution is 2.36. The van der Waals surface area contributed by atoms with Crippen LogP contribution in [0.15, 0.2) is 110 Å². The van der Waals surface area contributed by atoms with Crippen molar-refractivity contribution < 1.29 is 9.42 Å². The Kier molecular flexibility index (Phi) is 7.74. The summed E-state index contributed by atoms with van der Waals surface area (Å²) in [6.45, 7) is 20.2. The fourth-order valence-corrected chi connectivity index (χ4v) is 6.21. The van der Waals surface area contributed by atoms with Crippen molar-refractivity contribution in [1.82, 2.24) is 19.2 Å². The normalized spacial score (nSPS) is 12.6. The van der Waals surface area contributed by atoms with Crippen LogP contribution in [0.3, 0.4) is 0 Å². The van der Waals surface area contributed by atoms with Gasteiger partial charge >= 0.3 is 0 Å². The van der Waals surface area contributed by atoms with Crippen molar-refractivity contribution in [3.8, 4) is 28.7 Å². The summed E-state index contributed by atoms with van der Waals surface area (Å²) in [6.07, 6.45) is 7.13. The van der Waals surface area contributed by atoms with Gasteiger partial charge in [-0.3, -0.25) is 4.57 Å². The summed E-state index contributed by atoms with van der Waals surface area (Å²) in [6, 6.07) is 33.9. The van der Waals surface area contributed by atoms with Gasteiger partial charge in [0, 0.05) is 23.0 Å². The molecule has 0 N–H and O–H groups in total. The molecule has 7 rings (SSSR count). The molecule has 0 aliphatic rings. The SMILES string of the molecule is CC(C)(C)c1cc(-[n+]2[c-]n(-c3cccc(Oc4ccc5c6ccccc6n(-c6cc(C(C)(C)C)ccn6)c5c4)c3)cn2)cc(C(C)(C)C)c1. The minimum atomic E-state index is 0.00745. The number of hydrogen-bond acceptors (Lipinski definition) is 3. The van der Waals surface area contributed by atoms with Gasteiger partial charge in [0.05, 0.1) is 22.4 Å². The third-order valence-electron chi connectivity index (χ3n) is 9.20. The molecule has 0 aliphatic carbocycles. The lowest BCUT2D eigenvalue weighted by atomic mass is 9.80. The van der Waals surface area contributed by atoms with Crippen molar-refractivity contribution in [2.45, 2.75) is 78.6 Å². The predicted octanol–water partition coefficient (Wildman–Crippen LogP) is 10.1. The summed E-state index contributed by atoms with van der Waals surface area (Å²) < 4.78 is 12.5. The Balaban J connectivity index is 1.23. The molecule has 4 aromatic carbocycles. The van der Waals surface area contributed by atoms with E-state index in [2.05, 4.69) is 140 Å². The number of benzene rings is 4. The van der Waals surface area contributed by atoms with Crippen LogP contribution in [0.2, 0.25) is 0 Å². The van der Waals surface area contributed by atoms with Gasteiger partial charge in [-0.25, -0.2) is 4.98 Å². The zero-order valence-electron chi connectivity index (χ0n) is 30.0. The number of pyridine rings is 1. The molecule has 0 atom stereocenters. The van der Waals surface area contributed by atoms with Crippen molar-refractivity contribution >= 4 is 21.8 Å². The third-order valence-corrected chi connectivity index (χ3v) is 9.20. The second-order valence-electron chi connectivity index (χ2n) is 16.1. The molecule has 6 nitrogen and oxygen atoms in total. The van der Waals surface area contributed by atoms with Gasteiger partial charge in [0.2, 0.25) is 0 Å². The molecule has 49 heavy (non-hydrogen) atoms. The van der Waals surface area contributed by atoms with E-state index in [1.165, 1.54) is 22.1 Å². The van der Waals surface area contributed by atoms with Crippen molar-refractivity contribution in [3.05, 3.63) is 133 Å². The van der Waals surface area contributed by atoms with Crippen LogP contribution < -0.4 is 9.42 Å². The Labute approximate surface area is 289 Å². The fourth-order valence-electron chi connectivity index (χ4n) is 6.21. The van der Waals surface area contributed by atoms with Crippen LogP contribution in [0, 0.1) is 6.33 Å². The van der Waals surface area contributed by atoms with Gasteiger partial charge in [-0.2, -0.15) is 4.68 Å². The monoisotopic (exact) mass is 647 g/mol. The fraction of sp³-hybridized carbons (Fsp3) is 0.279. The average Bonchev–Trinajstić information content (AvgIpc) is 3.67. The van der Waals surface area contributed by atoms with Gasteiger partial charge in [-0.1, -0.05) is 111 Å². The average molecular weight is 648 g/mol. The van der Waals surface area contributed by atoms with Crippen molar-refractivity contribution in [2.75, 3.05) is 0 Å². The Bertz CT molecular complexity index is 2290. The Hall–Kier alpha value is -5.23. The highest BCUT2D eigenvalue weighted by molar-refractivity contribution is 6.09. The molecule has 0 amide bonds. The summed E-state index contributed by atoms with van der Waals surface area (Å²) in [5.74, 6) is 2.37. The maximum Gasteiger partial charge on any atom is 0.273 e. The minimum Gasteiger partial charge on any atom is -0.458 e. The smallest absolute Gasteiger partial charge is 0.273 e. The van der Waals surface area contributed by atoms with Crippen LogP contribution in [0.25, 0.3) is 39.0 Å². The third kappa shape index (κ3) is 6.35. The van der Waals surface area contributed by atoms with Crippen molar-refractivity contribution in [2.24, 2.45) is 0 Å². The number of nitrogens with zero attached hydrogens (tertiary/aromatic N) is 5. The summed E-state index contributed by atoms with van der Waals surface area (Å²) in [7, 11) is 0. The molecule has 0 aliphatic heterocycles. The molecule has 0 spiro atoms. The van der Waals surface area contributed by atoms with E-state index >= 15 is 0 Å². The standard InChI is InChI=1S/C43H45N5O/c1-41(2,3)29-19-20-44-40(24-29)48-38-16-11-10-15-36(38)37-18-17-35(26-39(37)48)49-34-14-12-13-32(25-34)46-27-45-47(28-46)33-22-30(42(4,5)6)21-31(23-33)43(7,8)9/h10-27H,1-9H3. The highest BCUT2D eigenvalue weighted by Gasteiger charge is 2.22. The number of aromatic nitrogens is 5. The van der Waals surface area contributed by atoms with E-state index in [1.54, 1.807) is 6.33 Å². The number of fused-ring (bicyclic) bond motifs is 3. The first-order valence-electron chi connectivity index (χ1n) is 17.0. The number of ether oxygens (including phenoxy) is 1. The lowest BCUT2D eigenvalue weighted by Gasteiger charge is -2.26. The largest absolute Gasteiger partial charge is 0.458 e. The maximum atomic E-state index is 6.52. The molecular weight excluding hydrogens is 603 g/mol. The van der Waals surface area contributed by atoms with E-state index in [1.807, 2.05) is 45.8 Å². The van der Waals surface area contributed by atoms with Crippen molar-refractivity contribution in [3.63, 3.8) is 0 Å². The molecule has 0 bridgehead atoms. The highest BCUT2D eigenvalue weighted by atomic mass is 16.5. The lowest BCUT2D eigenvalue weighted by Crippen LogP contribution is -2.34. The van der Waals surface area contributed by atoms with Gasteiger partial charge in [-0.15, -0.1) is 5.10 Å². The van der Waals surface area contributed by atoms with E-state index in [9.17, 15) is 0 Å². The van der Waals surface area contributed by atoms with Crippen LogP contribution in [0.1, 0.15) is 79.0 Å². The van der Waals surface area contributed by atoms with E-state index in [4.69, 9.17) is 14.8 Å². The Morgan fingerprint density at radius 2 is 1.29 bits per heavy atom. The molecule has 0 unspecified atom stereocenters. The van der Waals surface area contributed by atoms with Gasteiger partial charge in [0.15, 0.2) is 0 Å². The van der Waals surface area contributed by atoms with Gasteiger partial charge in [0.25, 0.3) is 6.33 Å². The Morgan fingerprint density at radius 1 is 0.612 bits per heavy atom. The topological polar surface area (TPSA) is 48.8 Å². The first-order valence-corrected chi connectivity index (χ1v) is 17.0. The van der Waals surface area contributed by atoms with E-state index in [0.717, 1.165) is 45.1 Å². The Morgan fingerprint density at radius 3 is 2.00 bits per heavy atom. The molecule has 0 radical (unpaired) electrons. The molecular formula is C43H45N5O. The number of hydrogen-bond donors (Lipinski definition) is 0. The zero-order valence-corrected chi connectivity index (χ0v) is 30.0. The van der Waals surface area contributed by atoms with Crippen LogP contribution in [-0.4, -0.2) is 19.2 Å². The lowest BCUT2D eigenvalue weighted by molar-refractivity contribution is -0.661.